The maximum atomic E-state index is 12.5. The van der Waals surface area contributed by atoms with Crippen LogP contribution in [0.4, 0.5) is 5.69 Å². The van der Waals surface area contributed by atoms with Gasteiger partial charge < -0.3 is 9.42 Å². The molecule has 1 aromatic carbocycles. The molecular formula is C15H14N6O4. The zero-order valence-corrected chi connectivity index (χ0v) is 13.5. The van der Waals surface area contributed by atoms with E-state index in [1.807, 2.05) is 0 Å². The third-order valence-corrected chi connectivity index (χ3v) is 3.51. The Kier molecular flexibility index (Phi) is 4.25. The van der Waals surface area contributed by atoms with Gasteiger partial charge in [-0.25, -0.2) is 9.67 Å². The summed E-state index contributed by atoms with van der Waals surface area (Å²) in [5.74, 6) is 0.276. The highest BCUT2D eigenvalue weighted by Gasteiger charge is 2.21. The number of nitro groups is 1. The van der Waals surface area contributed by atoms with E-state index >= 15 is 0 Å². The summed E-state index contributed by atoms with van der Waals surface area (Å²) in [5, 5.41) is 19.1. The summed E-state index contributed by atoms with van der Waals surface area (Å²) in [6, 6.07) is 5.93. The molecule has 3 rings (SSSR count). The van der Waals surface area contributed by atoms with E-state index in [1.165, 1.54) is 40.4 Å². The van der Waals surface area contributed by atoms with Crippen LogP contribution in [0.15, 0.2) is 41.4 Å². The first-order valence-corrected chi connectivity index (χ1v) is 7.27. The second kappa shape index (κ2) is 6.51. The van der Waals surface area contributed by atoms with Gasteiger partial charge in [-0.3, -0.25) is 14.9 Å². The normalized spacial score (nSPS) is 10.6. The first-order valence-electron chi connectivity index (χ1n) is 7.27. The van der Waals surface area contributed by atoms with Gasteiger partial charge in [0.25, 0.3) is 11.6 Å². The number of aromatic nitrogens is 4. The van der Waals surface area contributed by atoms with Crippen LogP contribution < -0.4 is 0 Å². The monoisotopic (exact) mass is 342 g/mol. The molecule has 10 nitrogen and oxygen atoms in total. The summed E-state index contributed by atoms with van der Waals surface area (Å²) in [5.41, 5.74) is 0.788. The van der Waals surface area contributed by atoms with E-state index in [4.69, 9.17) is 4.52 Å². The average Bonchev–Trinajstić information content (AvgIpc) is 3.25. The van der Waals surface area contributed by atoms with Crippen LogP contribution in [0, 0.1) is 17.0 Å². The fourth-order valence-corrected chi connectivity index (χ4v) is 2.36. The molecule has 0 radical (unpaired) electrons. The molecule has 0 atom stereocenters. The molecule has 2 heterocycles. The van der Waals surface area contributed by atoms with Crippen molar-refractivity contribution < 1.29 is 14.2 Å². The Bertz CT molecular complexity index is 918. The van der Waals surface area contributed by atoms with Gasteiger partial charge in [0.2, 0.25) is 0 Å². The van der Waals surface area contributed by atoms with Crippen molar-refractivity contribution >= 4 is 11.6 Å². The van der Waals surface area contributed by atoms with Crippen molar-refractivity contribution in [1.29, 1.82) is 0 Å². The SMILES string of the molecule is Cc1cc(CN(C)C(=O)c2ccc(-n3cncn3)c([N+](=O)[O-])c2)no1. The maximum Gasteiger partial charge on any atom is 0.295 e. The minimum absolute atomic E-state index is 0.193. The molecule has 0 spiro atoms. The summed E-state index contributed by atoms with van der Waals surface area (Å²) in [4.78, 5) is 28.5. The summed E-state index contributed by atoms with van der Waals surface area (Å²) in [6.45, 7) is 1.99. The van der Waals surface area contributed by atoms with Crippen molar-refractivity contribution in [3.05, 3.63) is 64.1 Å². The van der Waals surface area contributed by atoms with E-state index in [0.29, 0.717) is 11.5 Å². The molecule has 0 saturated heterocycles. The highest BCUT2D eigenvalue weighted by atomic mass is 16.6. The van der Waals surface area contributed by atoms with Gasteiger partial charge in [0.1, 0.15) is 29.8 Å². The van der Waals surface area contributed by atoms with Crippen molar-refractivity contribution in [1.82, 2.24) is 24.8 Å². The lowest BCUT2D eigenvalue weighted by molar-refractivity contribution is -0.384. The molecule has 0 bridgehead atoms. The maximum absolute atomic E-state index is 12.5. The van der Waals surface area contributed by atoms with E-state index in [-0.39, 0.29) is 29.4 Å². The molecular weight excluding hydrogens is 328 g/mol. The van der Waals surface area contributed by atoms with Crippen LogP contribution in [-0.2, 0) is 6.54 Å². The fourth-order valence-electron chi connectivity index (χ4n) is 2.36. The molecule has 0 saturated carbocycles. The number of rotatable bonds is 5. The molecule has 128 valence electrons. The van der Waals surface area contributed by atoms with Crippen LogP contribution in [0.25, 0.3) is 5.69 Å². The summed E-state index contributed by atoms with van der Waals surface area (Å²) < 4.78 is 6.24. The highest BCUT2D eigenvalue weighted by molar-refractivity contribution is 5.95. The lowest BCUT2D eigenvalue weighted by Gasteiger charge is -2.15. The number of nitrogens with zero attached hydrogens (tertiary/aromatic N) is 6. The highest BCUT2D eigenvalue weighted by Crippen LogP contribution is 2.24. The van der Waals surface area contributed by atoms with Gasteiger partial charge in [-0.05, 0) is 19.1 Å². The number of hydrogen-bond acceptors (Lipinski definition) is 7. The van der Waals surface area contributed by atoms with Crippen LogP contribution >= 0.6 is 0 Å². The number of nitro benzene ring substituents is 1. The lowest BCUT2D eigenvalue weighted by Crippen LogP contribution is -2.26. The zero-order chi connectivity index (χ0) is 18.0. The molecule has 0 aliphatic rings. The molecule has 0 N–H and O–H groups in total. The van der Waals surface area contributed by atoms with Gasteiger partial charge in [0.05, 0.1) is 11.5 Å². The lowest BCUT2D eigenvalue weighted by atomic mass is 10.1. The number of amides is 1. The van der Waals surface area contributed by atoms with Crippen LogP contribution in [-0.4, -0.2) is 42.7 Å². The molecule has 0 aliphatic carbocycles. The second-order valence-corrected chi connectivity index (χ2v) is 5.39. The summed E-state index contributed by atoms with van der Waals surface area (Å²) >= 11 is 0. The Morgan fingerprint density at radius 3 is 2.80 bits per heavy atom. The molecule has 10 heteroatoms. The Labute approximate surface area is 141 Å². The number of hydrogen-bond donors (Lipinski definition) is 0. The van der Waals surface area contributed by atoms with Gasteiger partial charge >= 0.3 is 0 Å². The molecule has 0 aliphatic heterocycles. The summed E-state index contributed by atoms with van der Waals surface area (Å²) in [7, 11) is 1.59. The van der Waals surface area contributed by atoms with Crippen molar-refractivity contribution in [2.75, 3.05) is 7.05 Å². The molecule has 0 unspecified atom stereocenters. The summed E-state index contributed by atoms with van der Waals surface area (Å²) in [6.07, 6.45) is 2.62. The van der Waals surface area contributed by atoms with E-state index < -0.39 is 4.92 Å². The van der Waals surface area contributed by atoms with Gasteiger partial charge in [0.15, 0.2) is 0 Å². The zero-order valence-electron chi connectivity index (χ0n) is 13.5. The van der Waals surface area contributed by atoms with E-state index in [1.54, 1.807) is 20.0 Å². The first kappa shape index (κ1) is 16.3. The smallest absolute Gasteiger partial charge is 0.295 e. The molecule has 3 aromatic rings. The average molecular weight is 342 g/mol. The Balaban J connectivity index is 1.87. The number of benzene rings is 1. The Hall–Kier alpha value is -3.56. The number of carbonyl (C=O) groups excluding carboxylic acids is 1. The minimum atomic E-state index is -0.561. The van der Waals surface area contributed by atoms with Gasteiger partial charge in [-0.2, -0.15) is 5.10 Å². The third-order valence-electron chi connectivity index (χ3n) is 3.51. The Morgan fingerprint density at radius 2 is 2.20 bits per heavy atom. The first-order chi connectivity index (χ1) is 12.0. The fraction of sp³-hybridized carbons (Fsp3) is 0.200. The van der Waals surface area contributed by atoms with E-state index in [9.17, 15) is 14.9 Å². The topological polar surface area (TPSA) is 120 Å². The van der Waals surface area contributed by atoms with Gasteiger partial charge in [-0.15, -0.1) is 0 Å². The van der Waals surface area contributed by atoms with Crippen LogP contribution in [0.3, 0.4) is 0 Å². The van der Waals surface area contributed by atoms with E-state index in [0.717, 1.165) is 0 Å². The van der Waals surface area contributed by atoms with E-state index in [2.05, 4.69) is 15.2 Å². The standard InChI is InChI=1S/C15H14N6O4/c1-10-5-12(18-25-10)7-19(2)15(22)11-3-4-13(14(6-11)21(23)24)20-9-16-8-17-20/h3-6,8-9H,7H2,1-2H3. The van der Waals surface area contributed by atoms with Crippen molar-refractivity contribution in [2.45, 2.75) is 13.5 Å². The number of carbonyl (C=O) groups is 1. The molecule has 2 aromatic heterocycles. The number of aryl methyl sites for hydroxylation is 1. The third kappa shape index (κ3) is 3.37. The predicted molar refractivity (Wildman–Crippen MR) is 85.1 cm³/mol. The quantitative estimate of drug-likeness (QED) is 0.511. The van der Waals surface area contributed by atoms with Crippen LogP contribution in [0.2, 0.25) is 0 Å². The second-order valence-electron chi connectivity index (χ2n) is 5.39. The van der Waals surface area contributed by atoms with Crippen LogP contribution in [0.1, 0.15) is 21.8 Å². The Morgan fingerprint density at radius 1 is 1.40 bits per heavy atom. The predicted octanol–water partition coefficient (Wildman–Crippen LogP) is 1.74. The van der Waals surface area contributed by atoms with Crippen molar-refractivity contribution in [3.63, 3.8) is 0 Å². The van der Waals surface area contributed by atoms with Gasteiger partial charge in [-0.1, -0.05) is 5.16 Å². The van der Waals surface area contributed by atoms with Gasteiger partial charge in [0, 0.05) is 24.7 Å². The van der Waals surface area contributed by atoms with Crippen molar-refractivity contribution in [2.24, 2.45) is 0 Å². The molecule has 25 heavy (non-hydrogen) atoms. The molecule has 0 fully saturated rings. The molecule has 1 amide bonds. The minimum Gasteiger partial charge on any atom is -0.361 e. The van der Waals surface area contributed by atoms with Crippen molar-refractivity contribution in [3.8, 4) is 5.69 Å². The van der Waals surface area contributed by atoms with Crippen LogP contribution in [0.5, 0.6) is 0 Å². The largest absolute Gasteiger partial charge is 0.361 e.